The standard InChI is InChI=1S/C16H27NO/c1-12(2)11-18-16(10-17-13(3)4)15-9-7-6-8-14(15)5/h6-9,12-13,16-17H,10-11H2,1-5H3. The lowest BCUT2D eigenvalue weighted by atomic mass is 10.0. The third-order valence-corrected chi connectivity index (χ3v) is 2.88. The molecule has 1 N–H and O–H groups in total. The number of ether oxygens (including phenoxy) is 1. The van der Waals surface area contributed by atoms with E-state index in [0.29, 0.717) is 12.0 Å². The van der Waals surface area contributed by atoms with Gasteiger partial charge in [-0.1, -0.05) is 52.0 Å². The number of hydrogen-bond donors (Lipinski definition) is 1. The van der Waals surface area contributed by atoms with Gasteiger partial charge < -0.3 is 10.1 Å². The van der Waals surface area contributed by atoms with Crippen molar-refractivity contribution in [1.82, 2.24) is 5.32 Å². The molecular weight excluding hydrogens is 222 g/mol. The monoisotopic (exact) mass is 249 g/mol. The van der Waals surface area contributed by atoms with Gasteiger partial charge in [0.05, 0.1) is 6.10 Å². The Morgan fingerprint density at radius 1 is 1.11 bits per heavy atom. The minimum atomic E-state index is 0.149. The summed E-state index contributed by atoms with van der Waals surface area (Å²) in [6.07, 6.45) is 0.149. The van der Waals surface area contributed by atoms with Crippen molar-refractivity contribution < 1.29 is 4.74 Å². The van der Waals surface area contributed by atoms with Gasteiger partial charge in [-0.15, -0.1) is 0 Å². The summed E-state index contributed by atoms with van der Waals surface area (Å²) in [7, 11) is 0. The Labute approximate surface area is 112 Å². The quantitative estimate of drug-likeness (QED) is 0.795. The molecule has 0 aliphatic carbocycles. The Hall–Kier alpha value is -0.860. The molecule has 2 nitrogen and oxygen atoms in total. The third kappa shape index (κ3) is 5.19. The molecule has 18 heavy (non-hydrogen) atoms. The highest BCUT2D eigenvalue weighted by Gasteiger charge is 2.14. The normalized spacial score (nSPS) is 13.3. The highest BCUT2D eigenvalue weighted by molar-refractivity contribution is 5.28. The number of aryl methyl sites for hydroxylation is 1. The van der Waals surface area contributed by atoms with E-state index in [1.54, 1.807) is 0 Å². The van der Waals surface area contributed by atoms with Crippen LogP contribution in [0.3, 0.4) is 0 Å². The molecule has 2 heteroatoms. The van der Waals surface area contributed by atoms with Gasteiger partial charge in [0.2, 0.25) is 0 Å². The maximum absolute atomic E-state index is 6.06. The number of nitrogens with one attached hydrogen (secondary N) is 1. The molecule has 0 saturated heterocycles. The van der Waals surface area contributed by atoms with E-state index < -0.39 is 0 Å². The second kappa shape index (κ2) is 7.55. The number of benzene rings is 1. The van der Waals surface area contributed by atoms with E-state index in [2.05, 4.69) is 64.2 Å². The van der Waals surface area contributed by atoms with Crippen LogP contribution in [0.5, 0.6) is 0 Å². The average molecular weight is 249 g/mol. The minimum absolute atomic E-state index is 0.149. The fourth-order valence-electron chi connectivity index (χ4n) is 1.86. The molecule has 0 radical (unpaired) electrons. The topological polar surface area (TPSA) is 21.3 Å². The summed E-state index contributed by atoms with van der Waals surface area (Å²) in [6, 6.07) is 8.97. The van der Waals surface area contributed by atoms with E-state index in [9.17, 15) is 0 Å². The van der Waals surface area contributed by atoms with Crippen LogP contribution in [0.2, 0.25) is 0 Å². The molecule has 1 unspecified atom stereocenters. The molecule has 0 spiro atoms. The first-order chi connectivity index (χ1) is 8.50. The van der Waals surface area contributed by atoms with Crippen molar-refractivity contribution in [2.45, 2.75) is 46.8 Å². The maximum atomic E-state index is 6.06. The van der Waals surface area contributed by atoms with Gasteiger partial charge in [0, 0.05) is 19.2 Å². The van der Waals surface area contributed by atoms with Crippen LogP contribution in [0.1, 0.15) is 44.9 Å². The van der Waals surface area contributed by atoms with Crippen molar-refractivity contribution in [2.75, 3.05) is 13.2 Å². The Kier molecular flexibility index (Phi) is 6.37. The Bertz CT molecular complexity index is 335. The van der Waals surface area contributed by atoms with Crippen molar-refractivity contribution in [2.24, 2.45) is 5.92 Å². The minimum Gasteiger partial charge on any atom is -0.372 e. The van der Waals surface area contributed by atoms with Crippen LogP contribution in [0.4, 0.5) is 0 Å². The predicted molar refractivity (Wildman–Crippen MR) is 77.8 cm³/mol. The van der Waals surface area contributed by atoms with Crippen LogP contribution in [0, 0.1) is 12.8 Å². The van der Waals surface area contributed by atoms with Crippen LogP contribution >= 0.6 is 0 Å². The Morgan fingerprint density at radius 2 is 1.78 bits per heavy atom. The fourth-order valence-corrected chi connectivity index (χ4v) is 1.86. The fraction of sp³-hybridized carbons (Fsp3) is 0.625. The number of rotatable bonds is 7. The summed E-state index contributed by atoms with van der Waals surface area (Å²) >= 11 is 0. The van der Waals surface area contributed by atoms with Crippen LogP contribution in [0.15, 0.2) is 24.3 Å². The van der Waals surface area contributed by atoms with Gasteiger partial charge in [0.15, 0.2) is 0 Å². The maximum Gasteiger partial charge on any atom is 0.0951 e. The summed E-state index contributed by atoms with van der Waals surface area (Å²) in [4.78, 5) is 0. The summed E-state index contributed by atoms with van der Waals surface area (Å²) in [5.74, 6) is 0.565. The van der Waals surface area contributed by atoms with Gasteiger partial charge in [-0.25, -0.2) is 0 Å². The second-order valence-electron chi connectivity index (χ2n) is 5.64. The highest BCUT2D eigenvalue weighted by Crippen LogP contribution is 2.21. The Balaban J connectivity index is 2.73. The molecule has 1 aromatic rings. The first-order valence-corrected chi connectivity index (χ1v) is 6.91. The molecule has 0 bridgehead atoms. The van der Waals surface area contributed by atoms with Crippen molar-refractivity contribution in [3.8, 4) is 0 Å². The predicted octanol–water partition coefficient (Wildman–Crippen LogP) is 3.71. The van der Waals surface area contributed by atoms with E-state index >= 15 is 0 Å². The smallest absolute Gasteiger partial charge is 0.0951 e. The van der Waals surface area contributed by atoms with E-state index in [4.69, 9.17) is 4.74 Å². The van der Waals surface area contributed by atoms with Crippen molar-refractivity contribution in [3.63, 3.8) is 0 Å². The zero-order valence-corrected chi connectivity index (χ0v) is 12.4. The first-order valence-electron chi connectivity index (χ1n) is 6.91. The van der Waals surface area contributed by atoms with Gasteiger partial charge in [0.25, 0.3) is 0 Å². The van der Waals surface area contributed by atoms with Crippen molar-refractivity contribution >= 4 is 0 Å². The second-order valence-corrected chi connectivity index (χ2v) is 5.64. The van der Waals surface area contributed by atoms with Gasteiger partial charge in [0.1, 0.15) is 0 Å². The molecule has 1 aromatic carbocycles. The molecule has 1 atom stereocenters. The number of hydrogen-bond acceptors (Lipinski definition) is 2. The third-order valence-electron chi connectivity index (χ3n) is 2.88. The first kappa shape index (κ1) is 15.2. The summed E-state index contributed by atoms with van der Waals surface area (Å²) < 4.78 is 6.06. The SMILES string of the molecule is Cc1ccccc1C(CNC(C)C)OCC(C)C. The van der Waals surface area contributed by atoms with Crippen molar-refractivity contribution in [3.05, 3.63) is 35.4 Å². The average Bonchev–Trinajstić information content (AvgIpc) is 2.30. The Morgan fingerprint density at radius 3 is 2.33 bits per heavy atom. The molecule has 0 amide bonds. The highest BCUT2D eigenvalue weighted by atomic mass is 16.5. The molecular formula is C16H27NO. The van der Waals surface area contributed by atoms with Crippen molar-refractivity contribution in [1.29, 1.82) is 0 Å². The molecule has 0 aliphatic rings. The molecule has 0 heterocycles. The lowest BCUT2D eigenvalue weighted by Crippen LogP contribution is -2.30. The lowest BCUT2D eigenvalue weighted by Gasteiger charge is -2.23. The van der Waals surface area contributed by atoms with Gasteiger partial charge in [-0.2, -0.15) is 0 Å². The van der Waals surface area contributed by atoms with Crippen LogP contribution < -0.4 is 5.32 Å². The van der Waals surface area contributed by atoms with E-state index in [0.717, 1.165) is 13.2 Å². The van der Waals surface area contributed by atoms with E-state index in [1.165, 1.54) is 11.1 Å². The zero-order chi connectivity index (χ0) is 13.5. The summed E-state index contributed by atoms with van der Waals surface area (Å²) in [5, 5.41) is 3.47. The van der Waals surface area contributed by atoms with E-state index in [-0.39, 0.29) is 6.10 Å². The molecule has 0 fully saturated rings. The molecule has 102 valence electrons. The largest absolute Gasteiger partial charge is 0.372 e. The van der Waals surface area contributed by atoms with Gasteiger partial charge >= 0.3 is 0 Å². The van der Waals surface area contributed by atoms with Gasteiger partial charge in [-0.05, 0) is 24.0 Å². The molecule has 0 saturated carbocycles. The molecule has 0 aromatic heterocycles. The lowest BCUT2D eigenvalue weighted by molar-refractivity contribution is 0.0337. The summed E-state index contributed by atoms with van der Waals surface area (Å²) in [6.45, 7) is 12.5. The van der Waals surface area contributed by atoms with Crippen LogP contribution in [-0.2, 0) is 4.74 Å². The van der Waals surface area contributed by atoms with E-state index in [1.807, 2.05) is 0 Å². The van der Waals surface area contributed by atoms with Crippen LogP contribution in [0.25, 0.3) is 0 Å². The summed E-state index contributed by atoms with van der Waals surface area (Å²) in [5.41, 5.74) is 2.60. The molecule has 0 aliphatic heterocycles. The molecule has 1 rings (SSSR count). The van der Waals surface area contributed by atoms with Gasteiger partial charge in [-0.3, -0.25) is 0 Å². The van der Waals surface area contributed by atoms with Crippen LogP contribution in [-0.4, -0.2) is 19.2 Å². The zero-order valence-electron chi connectivity index (χ0n) is 12.4.